The van der Waals surface area contributed by atoms with Crippen molar-refractivity contribution in [2.24, 2.45) is 17.8 Å². The van der Waals surface area contributed by atoms with E-state index < -0.39 is 23.6 Å². The molecule has 0 radical (unpaired) electrons. The minimum Gasteiger partial charge on any atom is -0.481 e. The summed E-state index contributed by atoms with van der Waals surface area (Å²) in [6.45, 7) is 2.83. The monoisotopic (exact) mass is 511 g/mol. The van der Waals surface area contributed by atoms with Crippen LogP contribution in [0.5, 0.6) is 0 Å². The van der Waals surface area contributed by atoms with Crippen molar-refractivity contribution in [1.82, 2.24) is 15.5 Å². The van der Waals surface area contributed by atoms with Crippen LogP contribution in [0.1, 0.15) is 56.1 Å². The zero-order chi connectivity index (χ0) is 26.1. The van der Waals surface area contributed by atoms with Crippen LogP contribution in [0, 0.1) is 17.8 Å². The number of likely N-dealkylation sites (tertiary alicyclic amines) is 1. The van der Waals surface area contributed by atoms with Crippen LogP contribution in [0.15, 0.2) is 24.3 Å². The van der Waals surface area contributed by atoms with Crippen LogP contribution in [0.4, 0.5) is 13.2 Å². The average molecular weight is 512 g/mol. The molecule has 2 saturated heterocycles. The first-order valence-electron chi connectivity index (χ1n) is 12.8. The highest BCUT2D eigenvalue weighted by molar-refractivity contribution is 5.82. The van der Waals surface area contributed by atoms with E-state index in [9.17, 15) is 32.7 Å². The molecule has 200 valence electrons. The Bertz CT molecular complexity index is 903. The first-order valence-corrected chi connectivity index (χ1v) is 12.8. The first-order chi connectivity index (χ1) is 17.1. The maximum atomic E-state index is 12.9. The third-order valence-electron chi connectivity index (χ3n) is 7.28. The van der Waals surface area contributed by atoms with Gasteiger partial charge >= 0.3 is 12.1 Å². The molecule has 7 nitrogen and oxygen atoms in total. The predicted molar refractivity (Wildman–Crippen MR) is 128 cm³/mol. The van der Waals surface area contributed by atoms with Crippen molar-refractivity contribution < 1.29 is 32.7 Å². The van der Waals surface area contributed by atoms with Gasteiger partial charge in [-0.2, -0.15) is 13.2 Å². The van der Waals surface area contributed by atoms with Crippen LogP contribution in [-0.4, -0.2) is 60.5 Å². The number of hydrogen-bond acceptors (Lipinski definition) is 4. The van der Waals surface area contributed by atoms with Crippen molar-refractivity contribution in [3.63, 3.8) is 0 Å². The lowest BCUT2D eigenvalue weighted by Crippen LogP contribution is -2.46. The van der Waals surface area contributed by atoms with Gasteiger partial charge in [0.1, 0.15) is 0 Å². The Balaban J connectivity index is 1.45. The van der Waals surface area contributed by atoms with Gasteiger partial charge in [0, 0.05) is 26.1 Å². The van der Waals surface area contributed by atoms with Gasteiger partial charge in [-0.05, 0) is 75.6 Å². The van der Waals surface area contributed by atoms with E-state index in [0.717, 1.165) is 50.9 Å². The number of alkyl halides is 3. The highest BCUT2D eigenvalue weighted by atomic mass is 19.4. The van der Waals surface area contributed by atoms with Crippen molar-refractivity contribution >= 4 is 17.8 Å². The first kappa shape index (κ1) is 28.0. The van der Waals surface area contributed by atoms with Crippen LogP contribution >= 0.6 is 0 Å². The molecule has 2 heterocycles. The summed E-state index contributed by atoms with van der Waals surface area (Å²) >= 11 is 0. The number of benzene rings is 1. The van der Waals surface area contributed by atoms with Crippen LogP contribution in [0.2, 0.25) is 0 Å². The number of carbonyl (C=O) groups excluding carboxylic acids is 2. The number of nitrogens with one attached hydrogen (secondary N) is 2. The maximum Gasteiger partial charge on any atom is 0.416 e. The van der Waals surface area contributed by atoms with Gasteiger partial charge in [-0.1, -0.05) is 18.2 Å². The summed E-state index contributed by atoms with van der Waals surface area (Å²) in [6.07, 6.45) is 0.644. The molecule has 1 aromatic carbocycles. The molecule has 0 saturated carbocycles. The van der Waals surface area contributed by atoms with Crippen molar-refractivity contribution in [1.29, 1.82) is 0 Å². The minimum atomic E-state index is -4.46. The Morgan fingerprint density at radius 3 is 2.61 bits per heavy atom. The summed E-state index contributed by atoms with van der Waals surface area (Å²) in [6, 6.07) is 4.84. The standard InChI is InChI=1S/C26H36F3N3O4/c27-26(28,29)22-5-1-3-19(15-22)6-8-20(25(35)36)16-31-24(34)21-4-2-14-32(17-21)23(33)9-7-18-10-12-30-13-11-18/h1,3,5,15,18,20-21,30H,2,4,6-14,16-17H2,(H,31,34)(H,35,36)/t20-,21-/m1/s1. The fraction of sp³-hybridized carbons (Fsp3) is 0.654. The molecule has 1 aromatic rings. The topological polar surface area (TPSA) is 98.7 Å². The number of carboxylic acids is 1. The van der Waals surface area contributed by atoms with Crippen LogP contribution in [0.3, 0.4) is 0 Å². The fourth-order valence-corrected chi connectivity index (χ4v) is 5.00. The van der Waals surface area contributed by atoms with Gasteiger partial charge in [0.25, 0.3) is 0 Å². The molecule has 2 aliphatic rings. The Kier molecular flexibility index (Phi) is 10.2. The molecule has 3 N–H and O–H groups in total. The molecule has 0 bridgehead atoms. The largest absolute Gasteiger partial charge is 0.481 e. The number of rotatable bonds is 10. The summed E-state index contributed by atoms with van der Waals surface area (Å²) < 4.78 is 38.8. The molecule has 2 fully saturated rings. The number of aryl methyl sites for hydroxylation is 1. The number of halogens is 3. The van der Waals surface area contributed by atoms with E-state index in [1.165, 1.54) is 12.1 Å². The van der Waals surface area contributed by atoms with E-state index in [-0.39, 0.29) is 37.1 Å². The molecule has 2 atom stereocenters. The van der Waals surface area contributed by atoms with Gasteiger partial charge in [-0.25, -0.2) is 0 Å². The van der Waals surface area contributed by atoms with Gasteiger partial charge < -0.3 is 20.6 Å². The van der Waals surface area contributed by atoms with E-state index in [2.05, 4.69) is 10.6 Å². The lowest BCUT2D eigenvalue weighted by Gasteiger charge is -2.33. The van der Waals surface area contributed by atoms with Crippen molar-refractivity contribution in [2.45, 2.75) is 57.5 Å². The zero-order valence-electron chi connectivity index (χ0n) is 20.5. The van der Waals surface area contributed by atoms with Gasteiger partial charge in [0.2, 0.25) is 11.8 Å². The van der Waals surface area contributed by atoms with Gasteiger partial charge in [-0.3, -0.25) is 14.4 Å². The van der Waals surface area contributed by atoms with Crippen LogP contribution in [-0.2, 0) is 27.0 Å². The third-order valence-corrected chi connectivity index (χ3v) is 7.28. The lowest BCUT2D eigenvalue weighted by atomic mass is 9.92. The fourth-order valence-electron chi connectivity index (χ4n) is 5.00. The van der Waals surface area contributed by atoms with E-state index in [4.69, 9.17) is 0 Å². The third kappa shape index (κ3) is 8.50. The Labute approximate surface area is 209 Å². The summed E-state index contributed by atoms with van der Waals surface area (Å²) in [5.41, 5.74) is -0.374. The quantitative estimate of drug-likeness (QED) is 0.447. The van der Waals surface area contributed by atoms with E-state index >= 15 is 0 Å². The highest BCUT2D eigenvalue weighted by Crippen LogP contribution is 2.30. The SMILES string of the molecule is O=C(O)[C@H](CCc1cccc(C(F)(F)F)c1)CNC(=O)[C@@H]1CCCN(C(=O)CCC2CCNCC2)C1. The van der Waals surface area contributed by atoms with Crippen molar-refractivity contribution in [3.8, 4) is 0 Å². The molecule has 2 aliphatic heterocycles. The summed E-state index contributed by atoms with van der Waals surface area (Å²) in [5.74, 6) is -2.08. The molecule has 2 amide bonds. The maximum absolute atomic E-state index is 12.9. The van der Waals surface area contributed by atoms with E-state index in [1.807, 2.05) is 0 Å². The smallest absolute Gasteiger partial charge is 0.416 e. The number of nitrogens with zero attached hydrogens (tertiary/aromatic N) is 1. The van der Waals surface area contributed by atoms with Crippen molar-refractivity contribution in [2.75, 3.05) is 32.7 Å². The Hall–Kier alpha value is -2.62. The summed E-state index contributed by atoms with van der Waals surface area (Å²) in [4.78, 5) is 38.9. The van der Waals surface area contributed by atoms with E-state index in [0.29, 0.717) is 37.4 Å². The highest BCUT2D eigenvalue weighted by Gasteiger charge is 2.31. The number of aliphatic carboxylic acids is 1. The second-order valence-corrected chi connectivity index (χ2v) is 9.93. The molecule has 0 spiro atoms. The zero-order valence-corrected chi connectivity index (χ0v) is 20.5. The molecule has 36 heavy (non-hydrogen) atoms. The molecule has 0 aromatic heterocycles. The van der Waals surface area contributed by atoms with E-state index in [1.54, 1.807) is 4.90 Å². The second kappa shape index (κ2) is 13.1. The Morgan fingerprint density at radius 1 is 1.17 bits per heavy atom. The summed E-state index contributed by atoms with van der Waals surface area (Å²) in [7, 11) is 0. The van der Waals surface area contributed by atoms with Gasteiger partial charge in [0.15, 0.2) is 0 Å². The predicted octanol–water partition coefficient (Wildman–Crippen LogP) is 3.47. The summed E-state index contributed by atoms with van der Waals surface area (Å²) in [5, 5.41) is 15.6. The second-order valence-electron chi connectivity index (χ2n) is 9.93. The van der Waals surface area contributed by atoms with Crippen LogP contribution in [0.25, 0.3) is 0 Å². The molecular weight excluding hydrogens is 475 g/mol. The number of amides is 2. The molecule has 0 aliphatic carbocycles. The normalized spacial score (nSPS) is 20.1. The lowest BCUT2D eigenvalue weighted by molar-refractivity contribution is -0.142. The number of hydrogen-bond donors (Lipinski definition) is 3. The minimum absolute atomic E-state index is 0.0653. The van der Waals surface area contributed by atoms with Gasteiger partial charge in [0.05, 0.1) is 17.4 Å². The average Bonchev–Trinajstić information content (AvgIpc) is 2.87. The number of carbonyl (C=O) groups is 3. The number of piperidine rings is 2. The number of carboxylic acid groups (broad SMARTS) is 1. The molecule has 10 heteroatoms. The molecule has 3 rings (SSSR count). The van der Waals surface area contributed by atoms with Gasteiger partial charge in [-0.15, -0.1) is 0 Å². The molecular formula is C26H36F3N3O4. The molecule has 0 unspecified atom stereocenters. The Morgan fingerprint density at radius 2 is 1.92 bits per heavy atom. The van der Waals surface area contributed by atoms with Crippen molar-refractivity contribution in [3.05, 3.63) is 35.4 Å². The van der Waals surface area contributed by atoms with Crippen LogP contribution < -0.4 is 10.6 Å².